The highest BCUT2D eigenvalue weighted by molar-refractivity contribution is 7.98. The van der Waals surface area contributed by atoms with Gasteiger partial charge in [0.2, 0.25) is 0 Å². The van der Waals surface area contributed by atoms with Crippen LogP contribution in [0.25, 0.3) is 11.4 Å². The standard InChI is InChI=1S/C15H15N3O2S/c1-19-12-7-5-11(6-8-12)14-16-17-15(21-2)18(14)10-13-4-3-9-20-13/h3-9H,10H2,1-2H3. The molecule has 0 amide bonds. The van der Waals surface area contributed by atoms with Crippen LogP contribution in [0.5, 0.6) is 5.75 Å². The molecule has 0 fully saturated rings. The van der Waals surface area contributed by atoms with Gasteiger partial charge in [0.15, 0.2) is 11.0 Å². The summed E-state index contributed by atoms with van der Waals surface area (Å²) in [5.41, 5.74) is 0.996. The average molecular weight is 301 g/mol. The van der Waals surface area contributed by atoms with Crippen LogP contribution in [-0.4, -0.2) is 28.1 Å². The third-order valence-electron chi connectivity index (χ3n) is 3.14. The first-order valence-electron chi connectivity index (χ1n) is 6.46. The summed E-state index contributed by atoms with van der Waals surface area (Å²) in [6, 6.07) is 11.6. The van der Waals surface area contributed by atoms with Gasteiger partial charge in [-0.1, -0.05) is 11.8 Å². The molecule has 0 aliphatic heterocycles. The van der Waals surface area contributed by atoms with E-state index in [-0.39, 0.29) is 0 Å². The summed E-state index contributed by atoms with van der Waals surface area (Å²) in [6.45, 7) is 0.609. The van der Waals surface area contributed by atoms with Crippen molar-refractivity contribution < 1.29 is 9.15 Å². The number of aromatic nitrogens is 3. The molecule has 0 unspecified atom stereocenters. The smallest absolute Gasteiger partial charge is 0.191 e. The number of furan rings is 1. The number of benzene rings is 1. The van der Waals surface area contributed by atoms with E-state index in [1.165, 1.54) is 0 Å². The van der Waals surface area contributed by atoms with E-state index in [2.05, 4.69) is 10.2 Å². The molecule has 21 heavy (non-hydrogen) atoms. The first-order valence-corrected chi connectivity index (χ1v) is 7.68. The number of methoxy groups -OCH3 is 1. The molecule has 0 radical (unpaired) electrons. The van der Waals surface area contributed by atoms with Gasteiger partial charge in [0.1, 0.15) is 11.5 Å². The normalized spacial score (nSPS) is 10.8. The second-order valence-corrected chi connectivity index (χ2v) is 5.18. The molecular formula is C15H15N3O2S. The zero-order valence-corrected chi connectivity index (χ0v) is 12.6. The lowest BCUT2D eigenvalue weighted by Gasteiger charge is -2.08. The molecule has 0 aliphatic rings. The van der Waals surface area contributed by atoms with Crippen molar-refractivity contribution in [1.29, 1.82) is 0 Å². The summed E-state index contributed by atoms with van der Waals surface area (Å²) in [7, 11) is 1.65. The van der Waals surface area contributed by atoms with E-state index < -0.39 is 0 Å². The van der Waals surface area contributed by atoms with Crippen molar-refractivity contribution in [2.24, 2.45) is 0 Å². The van der Waals surface area contributed by atoms with Crippen LogP contribution in [0.4, 0.5) is 0 Å². The Kier molecular flexibility index (Phi) is 3.96. The Balaban J connectivity index is 1.99. The fourth-order valence-electron chi connectivity index (χ4n) is 2.09. The number of ether oxygens (including phenoxy) is 1. The van der Waals surface area contributed by atoms with Gasteiger partial charge in [0.25, 0.3) is 0 Å². The minimum atomic E-state index is 0.609. The summed E-state index contributed by atoms with van der Waals surface area (Å²) in [5.74, 6) is 2.51. The molecule has 0 atom stereocenters. The fourth-order valence-corrected chi connectivity index (χ4v) is 2.59. The van der Waals surface area contributed by atoms with Crippen molar-refractivity contribution >= 4 is 11.8 Å². The molecule has 2 heterocycles. The summed E-state index contributed by atoms with van der Waals surface area (Å²) >= 11 is 1.56. The molecular weight excluding hydrogens is 286 g/mol. The van der Waals surface area contributed by atoms with Crippen molar-refractivity contribution in [3.63, 3.8) is 0 Å². The van der Waals surface area contributed by atoms with Crippen LogP contribution < -0.4 is 4.74 Å². The van der Waals surface area contributed by atoms with Gasteiger partial charge in [-0.2, -0.15) is 0 Å². The van der Waals surface area contributed by atoms with E-state index in [1.807, 2.05) is 47.2 Å². The van der Waals surface area contributed by atoms with Crippen molar-refractivity contribution in [2.45, 2.75) is 11.7 Å². The zero-order chi connectivity index (χ0) is 14.7. The molecule has 0 bridgehead atoms. The molecule has 2 aromatic heterocycles. The molecule has 0 aliphatic carbocycles. The van der Waals surface area contributed by atoms with Crippen molar-refractivity contribution in [3.05, 3.63) is 48.4 Å². The molecule has 6 heteroatoms. The maximum atomic E-state index is 5.43. The summed E-state index contributed by atoms with van der Waals surface area (Å²) in [5, 5.41) is 9.40. The Morgan fingerprint density at radius 3 is 2.62 bits per heavy atom. The number of hydrogen-bond donors (Lipinski definition) is 0. The lowest BCUT2D eigenvalue weighted by atomic mass is 10.2. The van der Waals surface area contributed by atoms with E-state index in [1.54, 1.807) is 25.1 Å². The highest BCUT2D eigenvalue weighted by atomic mass is 32.2. The van der Waals surface area contributed by atoms with Gasteiger partial charge in [-0.05, 0) is 42.7 Å². The predicted octanol–water partition coefficient (Wildman–Crippen LogP) is 3.32. The summed E-state index contributed by atoms with van der Waals surface area (Å²) in [4.78, 5) is 0. The van der Waals surface area contributed by atoms with Gasteiger partial charge in [0, 0.05) is 5.56 Å². The van der Waals surface area contributed by atoms with Gasteiger partial charge in [-0.15, -0.1) is 10.2 Å². The molecule has 3 rings (SSSR count). The number of hydrogen-bond acceptors (Lipinski definition) is 5. The van der Waals surface area contributed by atoms with Crippen LogP contribution in [0, 0.1) is 0 Å². The minimum Gasteiger partial charge on any atom is -0.497 e. The van der Waals surface area contributed by atoms with E-state index in [4.69, 9.17) is 9.15 Å². The average Bonchev–Trinajstić information content (AvgIpc) is 3.17. The van der Waals surface area contributed by atoms with Crippen LogP contribution >= 0.6 is 11.8 Å². The predicted molar refractivity (Wildman–Crippen MR) is 81.6 cm³/mol. The molecule has 108 valence electrons. The van der Waals surface area contributed by atoms with Crippen LogP contribution in [0.15, 0.2) is 52.2 Å². The summed E-state index contributed by atoms with van der Waals surface area (Å²) in [6.07, 6.45) is 3.66. The van der Waals surface area contributed by atoms with Crippen molar-refractivity contribution in [2.75, 3.05) is 13.4 Å². The van der Waals surface area contributed by atoms with Gasteiger partial charge >= 0.3 is 0 Å². The SMILES string of the molecule is COc1ccc(-c2nnc(SC)n2Cc2ccco2)cc1. The highest BCUT2D eigenvalue weighted by Crippen LogP contribution is 2.25. The van der Waals surface area contributed by atoms with E-state index >= 15 is 0 Å². The lowest BCUT2D eigenvalue weighted by molar-refractivity contribution is 0.415. The van der Waals surface area contributed by atoms with Crippen LogP contribution in [-0.2, 0) is 6.54 Å². The number of thioether (sulfide) groups is 1. The van der Waals surface area contributed by atoms with E-state index in [9.17, 15) is 0 Å². The van der Waals surface area contributed by atoms with Crippen LogP contribution in [0.3, 0.4) is 0 Å². The Labute approximate surface area is 126 Å². The molecule has 3 aromatic rings. The monoisotopic (exact) mass is 301 g/mol. The first-order chi connectivity index (χ1) is 10.3. The maximum absolute atomic E-state index is 5.43. The lowest BCUT2D eigenvalue weighted by Crippen LogP contribution is -2.03. The molecule has 0 N–H and O–H groups in total. The third-order valence-corrected chi connectivity index (χ3v) is 3.81. The second kappa shape index (κ2) is 6.05. The first kappa shape index (κ1) is 13.8. The molecule has 5 nitrogen and oxygen atoms in total. The third kappa shape index (κ3) is 2.80. The van der Waals surface area contributed by atoms with Crippen molar-refractivity contribution in [3.8, 4) is 17.1 Å². The Hall–Kier alpha value is -2.21. The number of nitrogens with zero attached hydrogens (tertiary/aromatic N) is 3. The maximum Gasteiger partial charge on any atom is 0.191 e. The van der Waals surface area contributed by atoms with Crippen molar-refractivity contribution in [1.82, 2.24) is 14.8 Å². The van der Waals surface area contributed by atoms with Crippen LogP contribution in [0.2, 0.25) is 0 Å². The molecule has 0 spiro atoms. The fraction of sp³-hybridized carbons (Fsp3) is 0.200. The van der Waals surface area contributed by atoms with Gasteiger partial charge < -0.3 is 9.15 Å². The van der Waals surface area contributed by atoms with Gasteiger partial charge in [-0.25, -0.2) is 0 Å². The minimum absolute atomic E-state index is 0.609. The Morgan fingerprint density at radius 1 is 1.19 bits per heavy atom. The summed E-state index contributed by atoms with van der Waals surface area (Å²) < 4.78 is 12.7. The van der Waals surface area contributed by atoms with E-state index in [0.29, 0.717) is 6.54 Å². The number of rotatable bonds is 5. The second-order valence-electron chi connectivity index (χ2n) is 4.40. The van der Waals surface area contributed by atoms with Gasteiger partial charge in [-0.3, -0.25) is 4.57 Å². The van der Waals surface area contributed by atoms with E-state index in [0.717, 1.165) is 28.1 Å². The molecule has 0 saturated carbocycles. The topological polar surface area (TPSA) is 53.1 Å². The molecule has 0 saturated heterocycles. The van der Waals surface area contributed by atoms with Crippen LogP contribution in [0.1, 0.15) is 5.76 Å². The Morgan fingerprint density at radius 2 is 2.00 bits per heavy atom. The molecule has 1 aromatic carbocycles. The largest absolute Gasteiger partial charge is 0.497 e. The van der Waals surface area contributed by atoms with Gasteiger partial charge in [0.05, 0.1) is 19.9 Å². The quantitative estimate of drug-likeness (QED) is 0.677. The highest BCUT2D eigenvalue weighted by Gasteiger charge is 2.14. The zero-order valence-electron chi connectivity index (χ0n) is 11.8. The Bertz CT molecular complexity index is 705.